The van der Waals surface area contributed by atoms with Crippen LogP contribution in [0.2, 0.25) is 0 Å². The number of hydrogen-bond acceptors (Lipinski definition) is 3. The van der Waals surface area contributed by atoms with Crippen molar-refractivity contribution in [3.05, 3.63) is 0 Å². The zero-order valence-corrected chi connectivity index (χ0v) is 15.8. The Bertz CT molecular complexity index is 553. The molecule has 4 fully saturated rings. The van der Waals surface area contributed by atoms with Gasteiger partial charge >= 0.3 is 12.1 Å². The van der Waals surface area contributed by atoms with E-state index in [2.05, 4.69) is 22.0 Å². The van der Waals surface area contributed by atoms with Crippen LogP contribution < -0.4 is 5.32 Å². The third-order valence-electron chi connectivity index (χ3n) is 7.36. The Morgan fingerprint density at radius 1 is 1.08 bits per heavy atom. The Labute approximate surface area is 155 Å². The highest BCUT2D eigenvalue weighted by atomic mass is 16.4. The summed E-state index contributed by atoms with van der Waals surface area (Å²) in [5.74, 6) is 0. The third-order valence-corrected chi connectivity index (χ3v) is 7.36. The van der Waals surface area contributed by atoms with Crippen molar-refractivity contribution in [1.29, 1.82) is 0 Å². The van der Waals surface area contributed by atoms with Gasteiger partial charge in [-0.05, 0) is 45.4 Å². The summed E-state index contributed by atoms with van der Waals surface area (Å²) in [6.07, 6.45) is 7.83. The van der Waals surface area contributed by atoms with Crippen molar-refractivity contribution in [1.82, 2.24) is 20.0 Å². The fourth-order valence-electron chi connectivity index (χ4n) is 5.61. The van der Waals surface area contributed by atoms with E-state index in [1.54, 1.807) is 0 Å². The molecule has 146 valence electrons. The van der Waals surface area contributed by atoms with E-state index in [1.165, 1.54) is 17.7 Å². The molecule has 0 aromatic rings. The van der Waals surface area contributed by atoms with Crippen molar-refractivity contribution < 1.29 is 14.7 Å². The number of urea groups is 1. The number of carboxylic acid groups (broad SMARTS) is 1. The van der Waals surface area contributed by atoms with Gasteiger partial charge in [0.15, 0.2) is 0 Å². The second-order valence-corrected chi connectivity index (χ2v) is 8.80. The number of fused-ring (bicyclic) bond motifs is 1. The monoisotopic (exact) mass is 364 g/mol. The standard InChI is InChI=1S/C19H32N4O3/c1-19(8-12-21(13-9-19)18(25)26)22-10-6-14(7-11-22)23-16-5-3-2-4-15(16)20-17(23)24/h14-16H,2-13H2,1H3,(H,20,24)(H,25,26)/t15-,16-/m1/s1. The molecule has 7 heteroatoms. The van der Waals surface area contributed by atoms with Gasteiger partial charge in [-0.25, -0.2) is 9.59 Å². The van der Waals surface area contributed by atoms with Crippen molar-refractivity contribution in [3.63, 3.8) is 0 Å². The summed E-state index contributed by atoms with van der Waals surface area (Å²) in [7, 11) is 0. The maximum absolute atomic E-state index is 12.5. The molecule has 2 N–H and O–H groups in total. The van der Waals surface area contributed by atoms with Gasteiger partial charge in [0.05, 0.1) is 12.1 Å². The number of carbonyl (C=O) groups is 2. The lowest BCUT2D eigenvalue weighted by Gasteiger charge is -2.50. The van der Waals surface area contributed by atoms with Crippen molar-refractivity contribution in [3.8, 4) is 0 Å². The molecule has 0 bridgehead atoms. The highest BCUT2D eigenvalue weighted by molar-refractivity contribution is 5.78. The number of carbonyl (C=O) groups excluding carboxylic acids is 1. The smallest absolute Gasteiger partial charge is 0.407 e. The fraction of sp³-hybridized carbons (Fsp3) is 0.895. The van der Waals surface area contributed by atoms with Crippen LogP contribution in [0.4, 0.5) is 9.59 Å². The van der Waals surface area contributed by atoms with Crippen LogP contribution in [-0.2, 0) is 0 Å². The van der Waals surface area contributed by atoms with Gasteiger partial charge in [0.25, 0.3) is 0 Å². The van der Waals surface area contributed by atoms with Gasteiger partial charge in [-0.15, -0.1) is 0 Å². The lowest BCUT2D eigenvalue weighted by molar-refractivity contribution is 0.00447. The highest BCUT2D eigenvalue weighted by Gasteiger charge is 2.46. The summed E-state index contributed by atoms with van der Waals surface area (Å²) in [4.78, 5) is 29.9. The Morgan fingerprint density at radius 2 is 1.73 bits per heavy atom. The first-order chi connectivity index (χ1) is 12.5. The van der Waals surface area contributed by atoms with Gasteiger partial charge in [0.2, 0.25) is 0 Å². The largest absolute Gasteiger partial charge is 0.465 e. The molecular formula is C19H32N4O3. The molecule has 0 unspecified atom stereocenters. The van der Waals surface area contributed by atoms with Crippen LogP contribution in [0.1, 0.15) is 58.3 Å². The summed E-state index contributed by atoms with van der Waals surface area (Å²) in [6, 6.07) is 1.29. The van der Waals surface area contributed by atoms with Crippen LogP contribution in [0, 0.1) is 0 Å². The number of amides is 3. The number of nitrogens with one attached hydrogen (secondary N) is 1. The average Bonchev–Trinajstić information content (AvgIpc) is 2.98. The van der Waals surface area contributed by atoms with Crippen molar-refractivity contribution in [2.24, 2.45) is 0 Å². The van der Waals surface area contributed by atoms with Crippen molar-refractivity contribution >= 4 is 12.1 Å². The van der Waals surface area contributed by atoms with E-state index in [0.29, 0.717) is 31.2 Å². The summed E-state index contributed by atoms with van der Waals surface area (Å²) in [5, 5.41) is 12.4. The Kier molecular flexibility index (Phi) is 4.75. The maximum Gasteiger partial charge on any atom is 0.407 e. The van der Waals surface area contributed by atoms with Gasteiger partial charge in [0.1, 0.15) is 0 Å². The van der Waals surface area contributed by atoms with Gasteiger partial charge in [-0.3, -0.25) is 4.90 Å². The quantitative estimate of drug-likeness (QED) is 0.788. The number of likely N-dealkylation sites (tertiary alicyclic amines) is 2. The number of nitrogens with zero attached hydrogens (tertiary/aromatic N) is 3. The molecule has 2 atom stereocenters. The molecule has 0 spiro atoms. The molecule has 0 aromatic carbocycles. The van der Waals surface area contributed by atoms with Crippen LogP contribution in [-0.4, -0.2) is 81.8 Å². The lowest BCUT2D eigenvalue weighted by atomic mass is 9.85. The van der Waals surface area contributed by atoms with Crippen LogP contribution in [0.15, 0.2) is 0 Å². The molecule has 4 aliphatic rings. The summed E-state index contributed by atoms with van der Waals surface area (Å²) < 4.78 is 0. The first-order valence-corrected chi connectivity index (χ1v) is 10.3. The molecule has 3 saturated heterocycles. The predicted octanol–water partition coefficient (Wildman–Crippen LogP) is 2.32. The number of rotatable bonds is 2. The maximum atomic E-state index is 12.5. The van der Waals surface area contributed by atoms with Crippen molar-refractivity contribution in [2.75, 3.05) is 26.2 Å². The van der Waals surface area contributed by atoms with E-state index >= 15 is 0 Å². The molecule has 3 amide bonds. The minimum Gasteiger partial charge on any atom is -0.465 e. The van der Waals surface area contributed by atoms with Crippen LogP contribution in [0.25, 0.3) is 0 Å². The minimum absolute atomic E-state index is 0.0948. The van der Waals surface area contributed by atoms with Crippen molar-refractivity contribution in [2.45, 2.75) is 82.0 Å². The number of hydrogen-bond donors (Lipinski definition) is 2. The summed E-state index contributed by atoms with van der Waals surface area (Å²) in [6.45, 7) is 5.56. The third kappa shape index (κ3) is 3.15. The first kappa shape index (κ1) is 17.9. The van der Waals surface area contributed by atoms with E-state index < -0.39 is 6.09 Å². The van der Waals surface area contributed by atoms with Crippen LogP contribution in [0.5, 0.6) is 0 Å². The molecule has 0 aromatic heterocycles. The van der Waals surface area contributed by atoms with Gasteiger partial charge in [-0.1, -0.05) is 12.8 Å². The Hall–Kier alpha value is -1.50. The highest BCUT2D eigenvalue weighted by Crippen LogP contribution is 2.35. The van der Waals surface area contributed by atoms with E-state index in [4.69, 9.17) is 5.11 Å². The van der Waals surface area contributed by atoms with E-state index in [-0.39, 0.29) is 11.6 Å². The number of piperidine rings is 2. The molecular weight excluding hydrogens is 332 g/mol. The molecule has 1 saturated carbocycles. The van der Waals surface area contributed by atoms with E-state index in [9.17, 15) is 9.59 Å². The zero-order valence-electron chi connectivity index (χ0n) is 15.8. The normalized spacial score (nSPS) is 33.0. The SMILES string of the molecule is CC1(N2CCC(N3C(=O)N[C@@H]4CCCC[C@H]43)CC2)CCN(C(=O)O)CC1. The first-order valence-electron chi connectivity index (χ1n) is 10.3. The molecule has 3 aliphatic heterocycles. The Balaban J connectivity index is 1.34. The molecule has 4 rings (SSSR count). The predicted molar refractivity (Wildman–Crippen MR) is 98.2 cm³/mol. The van der Waals surface area contributed by atoms with E-state index in [1.807, 2.05) is 0 Å². The summed E-state index contributed by atoms with van der Waals surface area (Å²) >= 11 is 0. The van der Waals surface area contributed by atoms with E-state index in [0.717, 1.165) is 51.6 Å². The van der Waals surface area contributed by atoms with Gasteiger partial charge in [-0.2, -0.15) is 0 Å². The van der Waals surface area contributed by atoms with Crippen LogP contribution >= 0.6 is 0 Å². The summed E-state index contributed by atoms with van der Waals surface area (Å²) in [5.41, 5.74) is 0.0948. The molecule has 3 heterocycles. The molecule has 7 nitrogen and oxygen atoms in total. The van der Waals surface area contributed by atoms with Gasteiger partial charge in [0, 0.05) is 37.8 Å². The minimum atomic E-state index is -0.798. The molecule has 0 radical (unpaired) electrons. The van der Waals surface area contributed by atoms with Gasteiger partial charge < -0.3 is 20.2 Å². The van der Waals surface area contributed by atoms with Crippen LogP contribution in [0.3, 0.4) is 0 Å². The topological polar surface area (TPSA) is 76.1 Å². The zero-order chi connectivity index (χ0) is 18.3. The Morgan fingerprint density at radius 3 is 2.38 bits per heavy atom. The average molecular weight is 364 g/mol. The second-order valence-electron chi connectivity index (χ2n) is 8.80. The second kappa shape index (κ2) is 6.91. The molecule has 1 aliphatic carbocycles. The lowest BCUT2D eigenvalue weighted by Crippen LogP contribution is -2.58. The molecule has 26 heavy (non-hydrogen) atoms. The fourth-order valence-corrected chi connectivity index (χ4v) is 5.61.